The molecule has 3 aromatic carbocycles. The van der Waals surface area contributed by atoms with Crippen LogP contribution in [0.1, 0.15) is 28.4 Å². The number of piperazine rings is 1. The first-order chi connectivity index (χ1) is 19.7. The molecule has 5 rings (SSSR count). The first-order valence-corrected chi connectivity index (χ1v) is 13.9. The average Bonchev–Trinajstić information content (AvgIpc) is 2.95. The summed E-state index contributed by atoms with van der Waals surface area (Å²) in [6.07, 6.45) is 0.616. The lowest BCUT2D eigenvalue weighted by molar-refractivity contribution is -0.0787. The molecular formula is C31H36F3N5O2. The normalized spacial score (nSPS) is 16.9. The Labute approximate surface area is 238 Å². The number of para-hydroxylation sites is 1. The zero-order chi connectivity index (χ0) is 29.1. The van der Waals surface area contributed by atoms with E-state index in [0.29, 0.717) is 13.0 Å². The molecule has 0 aromatic heterocycles. The van der Waals surface area contributed by atoms with Gasteiger partial charge in [0, 0.05) is 45.0 Å². The van der Waals surface area contributed by atoms with Crippen LogP contribution < -0.4 is 15.5 Å². The van der Waals surface area contributed by atoms with E-state index in [1.807, 2.05) is 19.1 Å². The number of nitrogens with zero attached hydrogens (tertiary/aromatic N) is 3. The quantitative estimate of drug-likeness (QED) is 0.361. The van der Waals surface area contributed by atoms with Crippen molar-refractivity contribution >= 4 is 23.0 Å². The van der Waals surface area contributed by atoms with Crippen LogP contribution in [0.5, 0.6) is 0 Å². The number of aliphatic hydroxyl groups is 1. The molecule has 0 saturated carbocycles. The summed E-state index contributed by atoms with van der Waals surface area (Å²) in [4.78, 5) is 19.3. The van der Waals surface area contributed by atoms with Crippen LogP contribution in [0.15, 0.2) is 54.6 Å². The number of anilines is 3. The average molecular weight is 568 g/mol. The third-order valence-corrected chi connectivity index (χ3v) is 7.89. The number of amides is 1. The zero-order valence-electron chi connectivity index (χ0n) is 23.4. The van der Waals surface area contributed by atoms with Gasteiger partial charge in [-0.1, -0.05) is 31.2 Å². The molecule has 0 spiro atoms. The third-order valence-electron chi connectivity index (χ3n) is 7.89. The largest absolute Gasteiger partial charge is 0.385 e. The van der Waals surface area contributed by atoms with E-state index in [4.69, 9.17) is 0 Å². The summed E-state index contributed by atoms with van der Waals surface area (Å²) in [5, 5.41) is 16.9. The second-order valence-corrected chi connectivity index (χ2v) is 11.0. The highest BCUT2D eigenvalue weighted by molar-refractivity contribution is 6.01. The Hall–Kier alpha value is -3.60. The Balaban J connectivity index is 1.21. The minimum absolute atomic E-state index is 0.0247. The molecule has 2 aliphatic heterocycles. The Kier molecular flexibility index (Phi) is 8.53. The lowest BCUT2D eigenvalue weighted by Gasteiger charge is -2.46. The molecule has 2 heterocycles. The van der Waals surface area contributed by atoms with E-state index < -0.39 is 34.6 Å². The van der Waals surface area contributed by atoms with E-state index in [0.717, 1.165) is 43.4 Å². The number of hydrogen-bond acceptors (Lipinski definition) is 6. The van der Waals surface area contributed by atoms with Crippen molar-refractivity contribution in [2.24, 2.45) is 0 Å². The number of likely N-dealkylation sites (tertiary alicyclic amines) is 1. The van der Waals surface area contributed by atoms with Crippen LogP contribution in [0, 0.1) is 17.5 Å². The lowest BCUT2D eigenvalue weighted by Crippen LogP contribution is -2.67. The molecule has 0 radical (unpaired) electrons. The number of β-amino-alcohol motifs (C(OH)–C–C–N with tert-alkyl or cyclic N) is 1. The molecule has 10 heteroatoms. The molecule has 3 aromatic rings. The van der Waals surface area contributed by atoms with E-state index >= 15 is 0 Å². The molecule has 0 atom stereocenters. The topological polar surface area (TPSA) is 71.1 Å². The van der Waals surface area contributed by atoms with Crippen molar-refractivity contribution in [2.75, 3.05) is 63.1 Å². The minimum atomic E-state index is -1.27. The van der Waals surface area contributed by atoms with E-state index in [-0.39, 0.29) is 30.9 Å². The highest BCUT2D eigenvalue weighted by atomic mass is 19.2. The van der Waals surface area contributed by atoms with Crippen LogP contribution in [0.4, 0.5) is 30.2 Å². The molecule has 218 valence electrons. The molecule has 0 aliphatic carbocycles. The molecule has 3 N–H and O–H groups in total. The number of nitrogens with one attached hydrogen (secondary N) is 2. The SMILES string of the molecule is CCc1ccc(Nc2c(C(=O)N3CC(O)(CNCc4ccccc4N4CCN(C)CC4)C3)ccc(F)c2F)c(F)c1. The van der Waals surface area contributed by atoms with Gasteiger partial charge in [0.15, 0.2) is 11.6 Å². The van der Waals surface area contributed by atoms with Crippen molar-refractivity contribution in [3.8, 4) is 0 Å². The van der Waals surface area contributed by atoms with Gasteiger partial charge in [-0.3, -0.25) is 4.79 Å². The van der Waals surface area contributed by atoms with Gasteiger partial charge in [0.05, 0.1) is 30.0 Å². The van der Waals surface area contributed by atoms with Crippen molar-refractivity contribution in [1.82, 2.24) is 15.1 Å². The van der Waals surface area contributed by atoms with E-state index in [2.05, 4.69) is 39.6 Å². The van der Waals surface area contributed by atoms with Crippen LogP contribution in [-0.4, -0.2) is 79.3 Å². The van der Waals surface area contributed by atoms with Crippen molar-refractivity contribution in [2.45, 2.75) is 25.5 Å². The highest BCUT2D eigenvalue weighted by Gasteiger charge is 2.44. The van der Waals surface area contributed by atoms with Gasteiger partial charge >= 0.3 is 0 Å². The first kappa shape index (κ1) is 28.9. The number of carbonyl (C=O) groups excluding carboxylic acids is 1. The monoisotopic (exact) mass is 567 g/mol. The van der Waals surface area contributed by atoms with Gasteiger partial charge < -0.3 is 30.4 Å². The highest BCUT2D eigenvalue weighted by Crippen LogP contribution is 2.32. The van der Waals surface area contributed by atoms with Crippen LogP contribution in [0.3, 0.4) is 0 Å². The molecule has 0 unspecified atom stereocenters. The summed E-state index contributed by atoms with van der Waals surface area (Å²) >= 11 is 0. The molecule has 2 fully saturated rings. The summed E-state index contributed by atoms with van der Waals surface area (Å²) in [6.45, 7) is 6.64. The van der Waals surface area contributed by atoms with Gasteiger partial charge in [0.2, 0.25) is 0 Å². The maximum absolute atomic E-state index is 14.8. The Bertz CT molecular complexity index is 1400. The van der Waals surface area contributed by atoms with Gasteiger partial charge in [0.1, 0.15) is 11.4 Å². The summed E-state index contributed by atoms with van der Waals surface area (Å²) in [7, 11) is 2.12. The zero-order valence-corrected chi connectivity index (χ0v) is 23.4. The van der Waals surface area contributed by atoms with Gasteiger partial charge in [-0.2, -0.15) is 0 Å². The Morgan fingerprint density at radius 3 is 2.41 bits per heavy atom. The summed E-state index contributed by atoms with van der Waals surface area (Å²) < 4.78 is 43.6. The predicted molar refractivity (Wildman–Crippen MR) is 154 cm³/mol. The number of benzene rings is 3. The van der Waals surface area contributed by atoms with Gasteiger partial charge in [0.25, 0.3) is 5.91 Å². The number of likely N-dealkylation sites (N-methyl/N-ethyl adjacent to an activating group) is 1. The van der Waals surface area contributed by atoms with E-state index in [1.165, 1.54) is 28.8 Å². The van der Waals surface area contributed by atoms with E-state index in [1.54, 1.807) is 6.07 Å². The van der Waals surface area contributed by atoms with Gasteiger partial charge in [-0.05, 0) is 54.9 Å². The summed E-state index contributed by atoms with van der Waals surface area (Å²) in [6, 6.07) is 14.7. The second-order valence-electron chi connectivity index (χ2n) is 11.0. The number of halogens is 3. The standard InChI is InChI=1S/C31H36F3N5O2/c1-3-21-8-11-26(25(33)16-21)36-29-23(9-10-24(32)28(29)34)30(40)39-19-31(41,20-39)18-35-17-22-6-4-5-7-27(22)38-14-12-37(2)13-15-38/h4-11,16,35-36,41H,3,12-15,17-20H2,1-2H3. The van der Waals surface area contributed by atoms with Crippen molar-refractivity contribution in [1.29, 1.82) is 0 Å². The van der Waals surface area contributed by atoms with Crippen LogP contribution in [0.2, 0.25) is 0 Å². The van der Waals surface area contributed by atoms with Crippen LogP contribution in [-0.2, 0) is 13.0 Å². The molecule has 2 aliphatic rings. The summed E-state index contributed by atoms with van der Waals surface area (Å²) in [5.74, 6) is -3.64. The molecule has 7 nitrogen and oxygen atoms in total. The maximum Gasteiger partial charge on any atom is 0.256 e. The lowest BCUT2D eigenvalue weighted by atomic mass is 9.92. The minimum Gasteiger partial charge on any atom is -0.385 e. The molecule has 0 bridgehead atoms. The van der Waals surface area contributed by atoms with Crippen molar-refractivity contribution < 1.29 is 23.1 Å². The van der Waals surface area contributed by atoms with Crippen molar-refractivity contribution in [3.63, 3.8) is 0 Å². The van der Waals surface area contributed by atoms with Gasteiger partial charge in [-0.25, -0.2) is 13.2 Å². The Morgan fingerprint density at radius 2 is 1.71 bits per heavy atom. The second kappa shape index (κ2) is 12.1. The fraction of sp³-hybridized carbons (Fsp3) is 0.387. The predicted octanol–water partition coefficient (Wildman–Crippen LogP) is 4.14. The third kappa shape index (κ3) is 6.34. The fourth-order valence-electron chi connectivity index (χ4n) is 5.40. The number of carbonyl (C=O) groups is 1. The molecular weight excluding hydrogens is 531 g/mol. The van der Waals surface area contributed by atoms with Gasteiger partial charge in [-0.15, -0.1) is 0 Å². The fourth-order valence-corrected chi connectivity index (χ4v) is 5.40. The first-order valence-electron chi connectivity index (χ1n) is 13.9. The van der Waals surface area contributed by atoms with Crippen LogP contribution in [0.25, 0.3) is 0 Å². The molecule has 1 amide bonds. The van der Waals surface area contributed by atoms with E-state index in [9.17, 15) is 23.1 Å². The smallest absolute Gasteiger partial charge is 0.256 e. The number of hydrogen-bond donors (Lipinski definition) is 3. The number of rotatable bonds is 9. The maximum atomic E-state index is 14.8. The molecule has 2 saturated heterocycles. The Morgan fingerprint density at radius 1 is 0.976 bits per heavy atom. The van der Waals surface area contributed by atoms with Crippen molar-refractivity contribution in [3.05, 3.63) is 88.7 Å². The molecule has 41 heavy (non-hydrogen) atoms. The number of aryl methyl sites for hydroxylation is 1. The van der Waals surface area contributed by atoms with Crippen LogP contribution >= 0.6 is 0 Å². The summed E-state index contributed by atoms with van der Waals surface area (Å²) in [5.41, 5.74) is 1.25.